The number of hydrogen-bond donors (Lipinski definition) is 0. The van der Waals surface area contributed by atoms with Gasteiger partial charge in [-0.3, -0.25) is 8.98 Å². The fourth-order valence-corrected chi connectivity index (χ4v) is 5.46. The van der Waals surface area contributed by atoms with Crippen LogP contribution >= 0.6 is 11.6 Å². The molecule has 0 N–H and O–H groups in total. The van der Waals surface area contributed by atoms with E-state index in [4.69, 9.17) is 20.5 Å². The molecule has 3 aromatic carbocycles. The number of amides is 1. The number of carbonyl (C=O) groups is 1. The summed E-state index contributed by atoms with van der Waals surface area (Å²) in [6.45, 7) is -1.35. The predicted molar refractivity (Wildman–Crippen MR) is 136 cm³/mol. The molecule has 1 atom stereocenters. The van der Waals surface area contributed by atoms with E-state index in [-0.39, 0.29) is 41.1 Å². The van der Waals surface area contributed by atoms with E-state index >= 15 is 0 Å². The molecule has 0 aliphatic carbocycles. The summed E-state index contributed by atoms with van der Waals surface area (Å²) in [6.07, 6.45) is -10.6. The van der Waals surface area contributed by atoms with Crippen molar-refractivity contribution in [3.63, 3.8) is 0 Å². The number of nitrogens with zero attached hydrogens (tertiary/aromatic N) is 1. The largest absolute Gasteiger partial charge is 0.416 e. The van der Waals surface area contributed by atoms with Gasteiger partial charge in [0.15, 0.2) is 0 Å². The van der Waals surface area contributed by atoms with Crippen LogP contribution in [0.2, 0.25) is 5.02 Å². The van der Waals surface area contributed by atoms with Gasteiger partial charge in [0.05, 0.1) is 35.8 Å². The van der Waals surface area contributed by atoms with Crippen LogP contribution in [0, 0.1) is 5.82 Å². The summed E-state index contributed by atoms with van der Waals surface area (Å²) in [7, 11) is -4.27. The minimum atomic E-state index is -5.16. The lowest BCUT2D eigenvalue weighted by Gasteiger charge is -2.43. The highest BCUT2D eigenvalue weighted by Gasteiger charge is 2.42. The van der Waals surface area contributed by atoms with Crippen molar-refractivity contribution in [2.24, 2.45) is 0 Å². The summed E-state index contributed by atoms with van der Waals surface area (Å²) >= 11 is 5.79. The molecule has 15 heteroatoms. The highest BCUT2D eigenvalue weighted by molar-refractivity contribution is 7.86. The molecule has 42 heavy (non-hydrogen) atoms. The van der Waals surface area contributed by atoms with Crippen molar-refractivity contribution in [3.05, 3.63) is 99.8 Å². The first-order valence-electron chi connectivity index (χ1n) is 12.1. The van der Waals surface area contributed by atoms with Crippen LogP contribution in [0.5, 0.6) is 0 Å². The normalized spacial score (nSPS) is 18.2. The van der Waals surface area contributed by atoms with E-state index in [1.807, 2.05) is 0 Å². The van der Waals surface area contributed by atoms with E-state index in [9.17, 15) is 43.9 Å². The van der Waals surface area contributed by atoms with E-state index in [0.717, 1.165) is 17.0 Å². The lowest BCUT2D eigenvalue weighted by atomic mass is 9.88. The number of rotatable bonds is 7. The molecule has 0 bridgehead atoms. The SMILES string of the molecule is O=C(c1cc(C(F)(F)F)cc(C(F)(F)F)c1)N1CCO[C@](CCOS(=O)(=O)c2ccc(Cl)cc2)(c2ccc(F)cc2)C1. The maximum atomic E-state index is 13.7. The van der Waals surface area contributed by atoms with Gasteiger partial charge in [-0.25, -0.2) is 4.39 Å². The zero-order chi connectivity index (χ0) is 30.9. The van der Waals surface area contributed by atoms with Crippen LogP contribution in [-0.4, -0.2) is 45.5 Å². The molecule has 1 aliphatic heterocycles. The Morgan fingerprint density at radius 1 is 0.929 bits per heavy atom. The second-order valence-corrected chi connectivity index (χ2v) is 11.4. The average molecular weight is 640 g/mol. The number of carbonyl (C=O) groups excluding carboxylic acids is 1. The first-order chi connectivity index (χ1) is 19.5. The number of hydrogen-bond acceptors (Lipinski definition) is 5. The lowest BCUT2D eigenvalue weighted by molar-refractivity contribution is -0.143. The molecule has 1 saturated heterocycles. The summed E-state index contributed by atoms with van der Waals surface area (Å²) in [5.41, 5.74) is -5.44. The van der Waals surface area contributed by atoms with E-state index in [1.54, 1.807) is 0 Å². The fourth-order valence-electron chi connectivity index (χ4n) is 4.43. The Kier molecular flexibility index (Phi) is 8.93. The van der Waals surface area contributed by atoms with Gasteiger partial charge in [-0.15, -0.1) is 0 Å². The first kappa shape index (κ1) is 31.7. The van der Waals surface area contributed by atoms with Gasteiger partial charge in [-0.2, -0.15) is 34.8 Å². The molecule has 4 rings (SSSR count). The maximum Gasteiger partial charge on any atom is 0.416 e. The first-order valence-corrected chi connectivity index (χ1v) is 13.9. The van der Waals surface area contributed by atoms with Crippen molar-refractivity contribution in [1.29, 1.82) is 0 Å². The van der Waals surface area contributed by atoms with Gasteiger partial charge in [0.25, 0.3) is 16.0 Å². The van der Waals surface area contributed by atoms with Gasteiger partial charge in [-0.1, -0.05) is 23.7 Å². The second kappa shape index (κ2) is 11.8. The number of halogens is 8. The zero-order valence-corrected chi connectivity index (χ0v) is 22.9. The third-order valence-corrected chi connectivity index (χ3v) is 8.10. The Morgan fingerprint density at radius 3 is 2.05 bits per heavy atom. The van der Waals surface area contributed by atoms with E-state index in [2.05, 4.69) is 0 Å². The predicted octanol–water partition coefficient (Wildman–Crippen LogP) is 6.68. The van der Waals surface area contributed by atoms with E-state index in [0.29, 0.717) is 12.1 Å². The quantitative estimate of drug-likeness (QED) is 0.213. The summed E-state index contributed by atoms with van der Waals surface area (Å²) in [5.74, 6) is -1.76. The molecule has 1 fully saturated rings. The van der Waals surface area contributed by atoms with Crippen LogP contribution in [0.1, 0.15) is 33.5 Å². The topological polar surface area (TPSA) is 72.9 Å². The van der Waals surface area contributed by atoms with Crippen LogP contribution in [0.4, 0.5) is 30.7 Å². The summed E-state index contributed by atoms with van der Waals surface area (Å²) in [6, 6.07) is 10.5. The van der Waals surface area contributed by atoms with Crippen LogP contribution < -0.4 is 0 Å². The fraction of sp³-hybridized carbons (Fsp3) is 0.296. The standard InChI is InChI=1S/C27H21ClF7NO5S/c28-21-3-7-23(8-4-21)42(38,39)41-11-9-25(18-1-5-22(29)6-2-18)16-36(10-12-40-25)24(37)17-13-19(26(30,31)32)15-20(14-17)27(33,34)35/h1-8,13-15H,9-12,16H2/t25-/m0/s1. The monoisotopic (exact) mass is 639 g/mol. The Morgan fingerprint density at radius 2 is 1.50 bits per heavy atom. The van der Waals surface area contributed by atoms with Crippen LogP contribution in [0.15, 0.2) is 71.6 Å². The van der Waals surface area contributed by atoms with Crippen molar-refractivity contribution in [2.75, 3.05) is 26.3 Å². The van der Waals surface area contributed by atoms with Crippen LogP contribution in [0.3, 0.4) is 0 Å². The molecule has 3 aromatic rings. The molecule has 0 spiro atoms. The van der Waals surface area contributed by atoms with Crippen molar-refractivity contribution in [1.82, 2.24) is 4.90 Å². The Hall–Kier alpha value is -3.20. The summed E-state index contributed by atoms with van der Waals surface area (Å²) in [4.78, 5) is 14.1. The Labute approximate surface area is 240 Å². The molecule has 1 aliphatic rings. The highest BCUT2D eigenvalue weighted by Crippen LogP contribution is 2.38. The van der Waals surface area contributed by atoms with Gasteiger partial charge < -0.3 is 9.64 Å². The third-order valence-electron chi connectivity index (χ3n) is 6.52. The molecule has 0 radical (unpaired) electrons. The minimum absolute atomic E-state index is 0.0859. The van der Waals surface area contributed by atoms with Gasteiger partial charge in [0.1, 0.15) is 11.4 Å². The van der Waals surface area contributed by atoms with Crippen molar-refractivity contribution in [3.8, 4) is 0 Å². The number of alkyl halides is 6. The van der Waals surface area contributed by atoms with Gasteiger partial charge in [-0.05, 0) is 60.2 Å². The summed E-state index contributed by atoms with van der Waals surface area (Å²) < 4.78 is 130. The Balaban J connectivity index is 1.64. The van der Waals surface area contributed by atoms with E-state index in [1.165, 1.54) is 36.4 Å². The number of benzene rings is 3. The molecule has 226 valence electrons. The molecule has 1 amide bonds. The number of morpholine rings is 1. The van der Waals surface area contributed by atoms with E-state index < -0.39 is 69.6 Å². The molecular weight excluding hydrogens is 619 g/mol. The second-order valence-electron chi connectivity index (χ2n) is 9.35. The van der Waals surface area contributed by atoms with Gasteiger partial charge in [0.2, 0.25) is 0 Å². The van der Waals surface area contributed by atoms with Crippen molar-refractivity contribution >= 4 is 27.6 Å². The Bertz CT molecular complexity index is 1510. The molecule has 1 heterocycles. The van der Waals surface area contributed by atoms with Gasteiger partial charge >= 0.3 is 12.4 Å². The third kappa shape index (κ3) is 7.22. The minimum Gasteiger partial charge on any atom is -0.366 e. The van der Waals surface area contributed by atoms with Crippen molar-refractivity contribution < 1.29 is 52.9 Å². The molecular formula is C27H21ClF7NO5S. The average Bonchev–Trinajstić information content (AvgIpc) is 2.92. The molecule has 6 nitrogen and oxygen atoms in total. The molecule has 0 aromatic heterocycles. The lowest BCUT2D eigenvalue weighted by Crippen LogP contribution is -2.52. The molecule has 0 unspecified atom stereocenters. The van der Waals surface area contributed by atoms with Crippen LogP contribution in [-0.2, 0) is 37.0 Å². The van der Waals surface area contributed by atoms with Gasteiger partial charge in [0, 0.05) is 23.6 Å². The van der Waals surface area contributed by atoms with Crippen LogP contribution in [0.25, 0.3) is 0 Å². The molecule has 0 saturated carbocycles. The maximum absolute atomic E-state index is 13.7. The highest BCUT2D eigenvalue weighted by atomic mass is 35.5. The van der Waals surface area contributed by atoms with Crippen molar-refractivity contribution in [2.45, 2.75) is 29.3 Å². The smallest absolute Gasteiger partial charge is 0.366 e. The number of ether oxygens (including phenoxy) is 1. The zero-order valence-electron chi connectivity index (χ0n) is 21.3. The summed E-state index contributed by atoms with van der Waals surface area (Å²) in [5, 5.41) is 0.285.